The summed E-state index contributed by atoms with van der Waals surface area (Å²) >= 11 is 0. The summed E-state index contributed by atoms with van der Waals surface area (Å²) in [7, 11) is 0. The van der Waals surface area contributed by atoms with E-state index in [1.54, 1.807) is 0 Å². The molecule has 4 nitrogen and oxygen atoms in total. The normalized spacial score (nSPS) is 23.0. The molecular weight excluding hydrogens is 204 g/mol. The molecule has 0 radical (unpaired) electrons. The fourth-order valence-corrected chi connectivity index (χ4v) is 1.89. The van der Waals surface area contributed by atoms with Crippen molar-refractivity contribution in [3.63, 3.8) is 0 Å². The first-order valence-electron chi connectivity index (χ1n) is 5.53. The van der Waals surface area contributed by atoms with E-state index in [2.05, 4.69) is 36.6 Å². The first-order valence-corrected chi connectivity index (χ1v) is 5.53. The third-order valence-corrected chi connectivity index (χ3v) is 2.83. The monoisotopic (exact) mass is 222 g/mol. The Hall–Kier alpha value is -0.940. The lowest BCUT2D eigenvalue weighted by atomic mass is 10.0. The van der Waals surface area contributed by atoms with Gasteiger partial charge in [-0.15, -0.1) is 0 Å². The van der Waals surface area contributed by atoms with Crippen molar-refractivity contribution < 1.29 is 9.47 Å². The fraction of sp³-hybridized carbons (Fsp3) is 0.500. The molecule has 1 aromatic rings. The van der Waals surface area contributed by atoms with Crippen molar-refractivity contribution in [2.24, 2.45) is 5.84 Å². The lowest BCUT2D eigenvalue weighted by Gasteiger charge is -2.30. The third kappa shape index (κ3) is 2.59. The SMILES string of the molecule is Cc1ccc(C(NN)C2COCCO2)cc1. The highest BCUT2D eigenvalue weighted by atomic mass is 16.6. The van der Waals surface area contributed by atoms with Crippen molar-refractivity contribution in [2.75, 3.05) is 19.8 Å². The van der Waals surface area contributed by atoms with E-state index in [1.165, 1.54) is 5.56 Å². The molecule has 1 heterocycles. The summed E-state index contributed by atoms with van der Waals surface area (Å²) < 4.78 is 11.0. The zero-order chi connectivity index (χ0) is 11.4. The molecule has 2 atom stereocenters. The number of nitrogens with one attached hydrogen (secondary N) is 1. The highest BCUT2D eigenvalue weighted by Gasteiger charge is 2.25. The predicted molar refractivity (Wildman–Crippen MR) is 61.8 cm³/mol. The Kier molecular flexibility index (Phi) is 3.90. The quantitative estimate of drug-likeness (QED) is 0.589. The zero-order valence-electron chi connectivity index (χ0n) is 9.48. The van der Waals surface area contributed by atoms with Crippen LogP contribution in [0.15, 0.2) is 24.3 Å². The van der Waals surface area contributed by atoms with Gasteiger partial charge in [0.1, 0.15) is 6.10 Å². The number of ether oxygens (including phenoxy) is 2. The smallest absolute Gasteiger partial charge is 0.102 e. The molecule has 2 unspecified atom stereocenters. The van der Waals surface area contributed by atoms with Gasteiger partial charge in [-0.1, -0.05) is 29.8 Å². The van der Waals surface area contributed by atoms with E-state index in [9.17, 15) is 0 Å². The van der Waals surface area contributed by atoms with Gasteiger partial charge >= 0.3 is 0 Å². The molecule has 0 aliphatic carbocycles. The predicted octanol–water partition coefficient (Wildman–Crippen LogP) is 0.915. The van der Waals surface area contributed by atoms with Crippen LogP contribution in [0, 0.1) is 6.92 Å². The second-order valence-electron chi connectivity index (χ2n) is 4.04. The molecule has 1 aromatic carbocycles. The van der Waals surface area contributed by atoms with Crippen molar-refractivity contribution in [3.8, 4) is 0 Å². The largest absolute Gasteiger partial charge is 0.376 e. The maximum absolute atomic E-state index is 5.65. The van der Waals surface area contributed by atoms with Crippen LogP contribution in [0.25, 0.3) is 0 Å². The summed E-state index contributed by atoms with van der Waals surface area (Å²) in [5, 5.41) is 0. The second-order valence-corrected chi connectivity index (χ2v) is 4.04. The first kappa shape index (κ1) is 11.5. The topological polar surface area (TPSA) is 56.5 Å². The van der Waals surface area contributed by atoms with E-state index >= 15 is 0 Å². The molecule has 4 heteroatoms. The van der Waals surface area contributed by atoms with Gasteiger partial charge in [-0.2, -0.15) is 0 Å². The number of hydrogen-bond donors (Lipinski definition) is 2. The molecule has 1 fully saturated rings. The molecular formula is C12H18N2O2. The van der Waals surface area contributed by atoms with Crippen molar-refractivity contribution in [1.29, 1.82) is 0 Å². The Bertz CT molecular complexity index is 320. The van der Waals surface area contributed by atoms with Gasteiger partial charge in [-0.25, -0.2) is 0 Å². The van der Waals surface area contributed by atoms with Crippen LogP contribution in [0.4, 0.5) is 0 Å². The molecule has 1 aliphatic rings. The Balaban J connectivity index is 2.11. The van der Waals surface area contributed by atoms with Gasteiger partial charge in [0.25, 0.3) is 0 Å². The number of nitrogens with two attached hydrogens (primary N) is 1. The summed E-state index contributed by atoms with van der Waals surface area (Å²) in [5.41, 5.74) is 5.17. The van der Waals surface area contributed by atoms with E-state index in [4.69, 9.17) is 15.3 Å². The number of rotatable bonds is 3. The molecule has 1 saturated heterocycles. The summed E-state index contributed by atoms with van der Waals surface area (Å²) in [4.78, 5) is 0. The van der Waals surface area contributed by atoms with Crippen molar-refractivity contribution >= 4 is 0 Å². The van der Waals surface area contributed by atoms with Crippen LogP contribution < -0.4 is 11.3 Å². The van der Waals surface area contributed by atoms with Gasteiger partial charge in [0.05, 0.1) is 25.9 Å². The van der Waals surface area contributed by atoms with Gasteiger partial charge < -0.3 is 9.47 Å². The number of hydrogen-bond acceptors (Lipinski definition) is 4. The van der Waals surface area contributed by atoms with Gasteiger partial charge in [0.15, 0.2) is 0 Å². The van der Waals surface area contributed by atoms with Gasteiger partial charge in [-0.3, -0.25) is 11.3 Å². The zero-order valence-corrected chi connectivity index (χ0v) is 9.48. The molecule has 0 aromatic heterocycles. The Morgan fingerprint density at radius 3 is 2.62 bits per heavy atom. The van der Waals surface area contributed by atoms with Crippen molar-refractivity contribution in [3.05, 3.63) is 35.4 Å². The van der Waals surface area contributed by atoms with Crippen molar-refractivity contribution in [1.82, 2.24) is 5.43 Å². The van der Waals surface area contributed by atoms with Crippen LogP contribution >= 0.6 is 0 Å². The molecule has 2 rings (SSSR count). The lowest BCUT2D eigenvalue weighted by molar-refractivity contribution is -0.102. The lowest BCUT2D eigenvalue weighted by Crippen LogP contribution is -2.43. The van der Waals surface area contributed by atoms with E-state index < -0.39 is 0 Å². The van der Waals surface area contributed by atoms with Gasteiger partial charge in [-0.05, 0) is 12.5 Å². The number of aryl methyl sites for hydroxylation is 1. The summed E-state index contributed by atoms with van der Waals surface area (Å²) in [5.74, 6) is 5.59. The average molecular weight is 222 g/mol. The second kappa shape index (κ2) is 5.41. The minimum absolute atomic E-state index is 0.0125. The van der Waals surface area contributed by atoms with E-state index in [1.807, 2.05) is 0 Å². The summed E-state index contributed by atoms with van der Waals surface area (Å²) in [6.07, 6.45) is -0.0125. The molecule has 1 aliphatic heterocycles. The molecule has 0 saturated carbocycles. The fourth-order valence-electron chi connectivity index (χ4n) is 1.89. The molecule has 0 spiro atoms. The summed E-state index contributed by atoms with van der Waals surface area (Å²) in [6, 6.07) is 8.27. The van der Waals surface area contributed by atoms with E-state index in [-0.39, 0.29) is 12.1 Å². The minimum Gasteiger partial charge on any atom is -0.376 e. The van der Waals surface area contributed by atoms with Gasteiger partial charge in [0.2, 0.25) is 0 Å². The van der Waals surface area contributed by atoms with Crippen LogP contribution in [0.2, 0.25) is 0 Å². The molecule has 0 bridgehead atoms. The first-order chi connectivity index (χ1) is 7.81. The van der Waals surface area contributed by atoms with E-state index in [0.29, 0.717) is 19.8 Å². The van der Waals surface area contributed by atoms with Crippen LogP contribution in [-0.4, -0.2) is 25.9 Å². The van der Waals surface area contributed by atoms with Crippen molar-refractivity contribution in [2.45, 2.75) is 19.1 Å². The minimum atomic E-state index is -0.0131. The Morgan fingerprint density at radius 2 is 2.06 bits per heavy atom. The van der Waals surface area contributed by atoms with Gasteiger partial charge in [0, 0.05) is 0 Å². The molecule has 88 valence electrons. The third-order valence-electron chi connectivity index (χ3n) is 2.83. The summed E-state index contributed by atoms with van der Waals surface area (Å²) in [6.45, 7) is 3.95. The number of hydrazine groups is 1. The van der Waals surface area contributed by atoms with Crippen LogP contribution in [0.5, 0.6) is 0 Å². The van der Waals surface area contributed by atoms with Crippen LogP contribution in [-0.2, 0) is 9.47 Å². The standard InChI is InChI=1S/C12H18N2O2/c1-9-2-4-10(5-3-9)12(14-13)11-8-15-6-7-16-11/h2-5,11-12,14H,6-8,13H2,1H3. The highest BCUT2D eigenvalue weighted by molar-refractivity contribution is 5.25. The molecule has 3 N–H and O–H groups in total. The maximum atomic E-state index is 5.65. The molecule has 16 heavy (non-hydrogen) atoms. The molecule has 0 amide bonds. The maximum Gasteiger partial charge on any atom is 0.102 e. The Labute approximate surface area is 95.7 Å². The van der Waals surface area contributed by atoms with E-state index in [0.717, 1.165) is 5.56 Å². The number of benzene rings is 1. The highest BCUT2D eigenvalue weighted by Crippen LogP contribution is 2.21. The van der Waals surface area contributed by atoms with Crippen LogP contribution in [0.3, 0.4) is 0 Å². The van der Waals surface area contributed by atoms with Crippen LogP contribution in [0.1, 0.15) is 17.2 Å². The average Bonchev–Trinajstić information content (AvgIpc) is 2.34. The Morgan fingerprint density at radius 1 is 1.31 bits per heavy atom.